The first kappa shape index (κ1) is 14.4. The number of ether oxygens (including phenoxy) is 1. The van der Waals surface area contributed by atoms with Crippen LogP contribution in [0.5, 0.6) is 11.5 Å². The average Bonchev–Trinajstić information content (AvgIpc) is 2.49. The average molecular weight is 271 g/mol. The molecule has 0 aliphatic heterocycles. The van der Waals surface area contributed by atoms with Crippen LogP contribution in [0, 0.1) is 0 Å². The number of nitrogens with one attached hydrogen (secondary N) is 1. The number of benzene rings is 2. The molecular weight excluding hydrogens is 250 g/mol. The van der Waals surface area contributed by atoms with Crippen molar-refractivity contribution in [2.75, 3.05) is 13.7 Å². The summed E-state index contributed by atoms with van der Waals surface area (Å²) in [5.74, 6) is 0.703. The van der Waals surface area contributed by atoms with Crippen LogP contribution in [0.1, 0.15) is 17.5 Å². The lowest BCUT2D eigenvalue weighted by molar-refractivity contribution is 0.373. The second-order valence-electron chi connectivity index (χ2n) is 4.77. The summed E-state index contributed by atoms with van der Waals surface area (Å²) in [6.45, 7) is 1.75. The fourth-order valence-electron chi connectivity index (χ4n) is 2.13. The van der Waals surface area contributed by atoms with Crippen molar-refractivity contribution in [1.29, 1.82) is 0 Å². The third-order valence-electron chi connectivity index (χ3n) is 3.24. The van der Waals surface area contributed by atoms with Gasteiger partial charge in [0.05, 0.1) is 7.11 Å². The first-order valence-electron chi connectivity index (χ1n) is 6.90. The van der Waals surface area contributed by atoms with E-state index in [4.69, 9.17) is 4.74 Å². The number of phenols is 1. The Morgan fingerprint density at radius 1 is 1.05 bits per heavy atom. The number of hydrogen-bond donors (Lipinski definition) is 2. The van der Waals surface area contributed by atoms with Gasteiger partial charge in [-0.25, -0.2) is 0 Å². The van der Waals surface area contributed by atoms with Crippen molar-refractivity contribution in [2.45, 2.75) is 19.4 Å². The van der Waals surface area contributed by atoms with Crippen LogP contribution in [-0.2, 0) is 13.0 Å². The monoisotopic (exact) mass is 271 g/mol. The van der Waals surface area contributed by atoms with Gasteiger partial charge in [0.2, 0.25) is 0 Å². The standard InChI is InChI=1S/C17H21NO2/c1-20-17-12-15(9-10-16(17)19)13-18-11-5-8-14-6-3-2-4-7-14/h2-4,6-7,9-10,12,18-19H,5,8,11,13H2,1H3. The third kappa shape index (κ3) is 4.28. The lowest BCUT2D eigenvalue weighted by Gasteiger charge is -2.08. The Kier molecular flexibility index (Phi) is 5.44. The summed E-state index contributed by atoms with van der Waals surface area (Å²) in [5.41, 5.74) is 2.49. The number of aryl methyl sites for hydroxylation is 1. The van der Waals surface area contributed by atoms with Crippen LogP contribution in [0.25, 0.3) is 0 Å². The summed E-state index contributed by atoms with van der Waals surface area (Å²) in [6, 6.07) is 15.9. The maximum atomic E-state index is 9.53. The molecule has 2 N–H and O–H groups in total. The smallest absolute Gasteiger partial charge is 0.160 e. The molecule has 0 radical (unpaired) electrons. The van der Waals surface area contributed by atoms with E-state index in [0.29, 0.717) is 5.75 Å². The molecule has 2 rings (SSSR count). The van der Waals surface area contributed by atoms with E-state index in [1.165, 1.54) is 5.56 Å². The number of rotatable bonds is 7. The topological polar surface area (TPSA) is 41.5 Å². The van der Waals surface area contributed by atoms with Gasteiger partial charge in [-0.15, -0.1) is 0 Å². The predicted octanol–water partition coefficient (Wildman–Crippen LogP) is 3.12. The van der Waals surface area contributed by atoms with Gasteiger partial charge in [-0.2, -0.15) is 0 Å². The van der Waals surface area contributed by atoms with Crippen LogP contribution in [0.2, 0.25) is 0 Å². The van der Waals surface area contributed by atoms with E-state index >= 15 is 0 Å². The Labute approximate surface area is 120 Å². The summed E-state index contributed by atoms with van der Waals surface area (Å²) >= 11 is 0. The van der Waals surface area contributed by atoms with Gasteiger partial charge in [-0.3, -0.25) is 0 Å². The fraction of sp³-hybridized carbons (Fsp3) is 0.294. The van der Waals surface area contributed by atoms with Crippen molar-refractivity contribution in [3.05, 3.63) is 59.7 Å². The third-order valence-corrected chi connectivity index (χ3v) is 3.24. The Balaban J connectivity index is 1.71. The maximum absolute atomic E-state index is 9.53. The van der Waals surface area contributed by atoms with E-state index < -0.39 is 0 Å². The molecule has 0 amide bonds. The molecule has 106 valence electrons. The van der Waals surface area contributed by atoms with Gasteiger partial charge in [-0.05, 0) is 42.6 Å². The molecule has 0 spiro atoms. The molecule has 0 saturated heterocycles. The molecule has 0 fully saturated rings. The Morgan fingerprint density at radius 2 is 1.85 bits per heavy atom. The van der Waals surface area contributed by atoms with Crippen LogP contribution >= 0.6 is 0 Å². The van der Waals surface area contributed by atoms with E-state index in [2.05, 4.69) is 29.6 Å². The highest BCUT2D eigenvalue weighted by atomic mass is 16.5. The molecule has 3 nitrogen and oxygen atoms in total. The van der Waals surface area contributed by atoms with Gasteiger partial charge in [0.25, 0.3) is 0 Å². The van der Waals surface area contributed by atoms with Crippen LogP contribution in [0.15, 0.2) is 48.5 Å². The molecule has 20 heavy (non-hydrogen) atoms. The van der Waals surface area contributed by atoms with E-state index in [-0.39, 0.29) is 5.75 Å². The molecule has 0 atom stereocenters. The second-order valence-corrected chi connectivity index (χ2v) is 4.77. The number of phenolic OH excluding ortho intramolecular Hbond substituents is 1. The first-order valence-corrected chi connectivity index (χ1v) is 6.90. The zero-order valence-corrected chi connectivity index (χ0v) is 11.8. The van der Waals surface area contributed by atoms with E-state index in [0.717, 1.165) is 31.5 Å². The lowest BCUT2D eigenvalue weighted by Crippen LogP contribution is -2.15. The molecule has 0 aromatic heterocycles. The minimum Gasteiger partial charge on any atom is -0.504 e. The fourth-order valence-corrected chi connectivity index (χ4v) is 2.13. The molecule has 0 unspecified atom stereocenters. The maximum Gasteiger partial charge on any atom is 0.160 e. The zero-order chi connectivity index (χ0) is 14.2. The van der Waals surface area contributed by atoms with Crippen molar-refractivity contribution in [1.82, 2.24) is 5.32 Å². The summed E-state index contributed by atoms with van der Waals surface area (Å²) in [7, 11) is 1.56. The van der Waals surface area contributed by atoms with Crippen LogP contribution < -0.4 is 10.1 Å². The highest BCUT2D eigenvalue weighted by molar-refractivity contribution is 5.41. The van der Waals surface area contributed by atoms with Crippen LogP contribution in [0.4, 0.5) is 0 Å². The van der Waals surface area contributed by atoms with Crippen molar-refractivity contribution in [2.24, 2.45) is 0 Å². The number of hydrogen-bond acceptors (Lipinski definition) is 3. The molecule has 0 saturated carbocycles. The predicted molar refractivity (Wildman–Crippen MR) is 81.1 cm³/mol. The SMILES string of the molecule is COc1cc(CNCCCc2ccccc2)ccc1O. The normalized spacial score (nSPS) is 10.4. The van der Waals surface area contributed by atoms with E-state index in [1.54, 1.807) is 13.2 Å². The second kappa shape index (κ2) is 7.56. The zero-order valence-electron chi connectivity index (χ0n) is 11.8. The Bertz CT molecular complexity index is 526. The molecule has 0 heterocycles. The van der Waals surface area contributed by atoms with E-state index in [9.17, 15) is 5.11 Å². The largest absolute Gasteiger partial charge is 0.504 e. The van der Waals surface area contributed by atoms with Gasteiger partial charge < -0.3 is 15.2 Å². The molecule has 0 bridgehead atoms. The minimum absolute atomic E-state index is 0.181. The molecule has 0 aliphatic rings. The first-order chi connectivity index (χ1) is 9.79. The van der Waals surface area contributed by atoms with Gasteiger partial charge in [0.1, 0.15) is 0 Å². The quantitative estimate of drug-likeness (QED) is 0.760. The molecule has 2 aromatic carbocycles. The minimum atomic E-state index is 0.181. The van der Waals surface area contributed by atoms with Crippen molar-refractivity contribution in [3.8, 4) is 11.5 Å². The Morgan fingerprint density at radius 3 is 2.60 bits per heavy atom. The van der Waals surface area contributed by atoms with Crippen LogP contribution in [0.3, 0.4) is 0 Å². The molecular formula is C17H21NO2. The lowest BCUT2D eigenvalue weighted by atomic mass is 10.1. The molecule has 2 aromatic rings. The number of methoxy groups -OCH3 is 1. The van der Waals surface area contributed by atoms with E-state index in [1.807, 2.05) is 18.2 Å². The van der Waals surface area contributed by atoms with Gasteiger partial charge >= 0.3 is 0 Å². The van der Waals surface area contributed by atoms with Gasteiger partial charge in [0.15, 0.2) is 11.5 Å². The van der Waals surface area contributed by atoms with Gasteiger partial charge in [0, 0.05) is 6.54 Å². The molecule has 3 heteroatoms. The van der Waals surface area contributed by atoms with Gasteiger partial charge in [-0.1, -0.05) is 36.4 Å². The highest BCUT2D eigenvalue weighted by Gasteiger charge is 2.02. The summed E-state index contributed by atoms with van der Waals surface area (Å²) in [4.78, 5) is 0. The molecule has 0 aliphatic carbocycles. The Hall–Kier alpha value is -2.00. The van der Waals surface area contributed by atoms with Crippen molar-refractivity contribution >= 4 is 0 Å². The van der Waals surface area contributed by atoms with Crippen molar-refractivity contribution in [3.63, 3.8) is 0 Å². The summed E-state index contributed by atoms with van der Waals surface area (Å²) < 4.78 is 5.09. The summed E-state index contributed by atoms with van der Waals surface area (Å²) in [6.07, 6.45) is 2.20. The van der Waals surface area contributed by atoms with Crippen LogP contribution in [-0.4, -0.2) is 18.8 Å². The summed E-state index contributed by atoms with van der Waals surface area (Å²) in [5, 5.41) is 12.9. The van der Waals surface area contributed by atoms with Crippen molar-refractivity contribution < 1.29 is 9.84 Å². The number of aromatic hydroxyl groups is 1. The highest BCUT2D eigenvalue weighted by Crippen LogP contribution is 2.26.